The van der Waals surface area contributed by atoms with E-state index in [1.165, 1.54) is 0 Å². The van der Waals surface area contributed by atoms with Crippen LogP contribution in [0.25, 0.3) is 0 Å². The monoisotopic (exact) mass is 347 g/mol. The van der Waals surface area contributed by atoms with Crippen LogP contribution in [0.2, 0.25) is 0 Å². The predicted molar refractivity (Wildman–Crippen MR) is 93.2 cm³/mol. The van der Waals surface area contributed by atoms with Crippen molar-refractivity contribution in [2.45, 2.75) is 32.9 Å². The second-order valence-corrected chi connectivity index (χ2v) is 8.02. The molecule has 0 aromatic heterocycles. The third-order valence-electron chi connectivity index (χ3n) is 4.77. The number of ether oxygens (including phenoxy) is 1. The summed E-state index contributed by atoms with van der Waals surface area (Å²) in [5.74, 6) is 0.955. The SMILES string of the molecule is CC(C)(C)OC(=O)N1CC2CN(Cc3ccc([N+](=O)[O-])cc3)CC2C1. The molecule has 0 radical (unpaired) electrons. The minimum atomic E-state index is -0.462. The highest BCUT2D eigenvalue weighted by atomic mass is 16.6. The van der Waals surface area contributed by atoms with Crippen molar-refractivity contribution in [2.24, 2.45) is 11.8 Å². The van der Waals surface area contributed by atoms with Gasteiger partial charge in [-0.25, -0.2) is 4.79 Å². The molecule has 1 amide bonds. The highest BCUT2D eigenvalue weighted by Gasteiger charge is 2.42. The lowest BCUT2D eigenvalue weighted by Gasteiger charge is -2.26. The quantitative estimate of drug-likeness (QED) is 0.621. The van der Waals surface area contributed by atoms with Crippen LogP contribution in [0.3, 0.4) is 0 Å². The largest absolute Gasteiger partial charge is 0.444 e. The topological polar surface area (TPSA) is 75.9 Å². The molecule has 0 N–H and O–H groups in total. The first kappa shape index (κ1) is 17.7. The summed E-state index contributed by atoms with van der Waals surface area (Å²) in [7, 11) is 0. The van der Waals surface area contributed by atoms with Crippen LogP contribution in [0.1, 0.15) is 26.3 Å². The Hall–Kier alpha value is -2.15. The zero-order valence-electron chi connectivity index (χ0n) is 15.0. The normalized spacial score (nSPS) is 23.6. The summed E-state index contributed by atoms with van der Waals surface area (Å²) in [4.78, 5) is 26.7. The van der Waals surface area contributed by atoms with Crippen LogP contribution >= 0.6 is 0 Å². The number of nitro groups is 1. The van der Waals surface area contributed by atoms with E-state index in [-0.39, 0.29) is 16.7 Å². The Labute approximate surface area is 147 Å². The van der Waals surface area contributed by atoms with Crippen molar-refractivity contribution < 1.29 is 14.5 Å². The van der Waals surface area contributed by atoms with Gasteiger partial charge in [0.1, 0.15) is 5.60 Å². The Morgan fingerprint density at radius 3 is 2.20 bits per heavy atom. The smallest absolute Gasteiger partial charge is 0.410 e. The van der Waals surface area contributed by atoms with Gasteiger partial charge in [-0.15, -0.1) is 0 Å². The summed E-state index contributed by atoms with van der Waals surface area (Å²) in [6.07, 6.45) is -0.219. The molecule has 2 aliphatic rings. The van der Waals surface area contributed by atoms with E-state index in [2.05, 4.69) is 4.90 Å². The van der Waals surface area contributed by atoms with E-state index in [1.807, 2.05) is 37.8 Å². The van der Waals surface area contributed by atoms with Gasteiger partial charge in [-0.05, 0) is 38.2 Å². The molecule has 136 valence electrons. The number of fused-ring (bicyclic) bond motifs is 1. The van der Waals surface area contributed by atoms with Gasteiger partial charge in [0.15, 0.2) is 0 Å². The highest BCUT2D eigenvalue weighted by molar-refractivity contribution is 5.68. The first-order chi connectivity index (χ1) is 11.7. The molecule has 0 aliphatic carbocycles. The number of carbonyl (C=O) groups excluding carboxylic acids is 1. The number of likely N-dealkylation sites (tertiary alicyclic amines) is 2. The van der Waals surface area contributed by atoms with Crippen LogP contribution in [0.5, 0.6) is 0 Å². The van der Waals surface area contributed by atoms with E-state index < -0.39 is 5.60 Å². The fourth-order valence-corrected chi connectivity index (χ4v) is 3.68. The van der Waals surface area contributed by atoms with Crippen LogP contribution in [-0.4, -0.2) is 52.6 Å². The molecule has 2 heterocycles. The van der Waals surface area contributed by atoms with Crippen molar-refractivity contribution in [3.8, 4) is 0 Å². The second kappa shape index (κ2) is 6.63. The Balaban J connectivity index is 1.51. The number of hydrogen-bond acceptors (Lipinski definition) is 5. The van der Waals surface area contributed by atoms with Crippen LogP contribution in [0.4, 0.5) is 10.5 Å². The molecule has 2 aliphatic heterocycles. The van der Waals surface area contributed by atoms with Crippen molar-refractivity contribution in [1.29, 1.82) is 0 Å². The van der Waals surface area contributed by atoms with Crippen molar-refractivity contribution in [3.05, 3.63) is 39.9 Å². The van der Waals surface area contributed by atoms with Gasteiger partial charge in [0.25, 0.3) is 5.69 Å². The molecule has 0 spiro atoms. The van der Waals surface area contributed by atoms with Gasteiger partial charge in [0.2, 0.25) is 0 Å². The third-order valence-corrected chi connectivity index (χ3v) is 4.77. The molecule has 0 saturated carbocycles. The van der Waals surface area contributed by atoms with Gasteiger partial charge >= 0.3 is 6.09 Å². The molecule has 1 aromatic rings. The van der Waals surface area contributed by atoms with E-state index in [4.69, 9.17) is 4.74 Å². The van der Waals surface area contributed by atoms with Crippen molar-refractivity contribution in [2.75, 3.05) is 26.2 Å². The van der Waals surface area contributed by atoms with Crippen molar-refractivity contribution in [1.82, 2.24) is 9.80 Å². The van der Waals surface area contributed by atoms with Crippen LogP contribution in [0.15, 0.2) is 24.3 Å². The van der Waals surface area contributed by atoms with Crippen LogP contribution in [-0.2, 0) is 11.3 Å². The van der Waals surface area contributed by atoms with E-state index in [0.717, 1.165) is 38.3 Å². The summed E-state index contributed by atoms with van der Waals surface area (Å²) in [5.41, 5.74) is 0.737. The number of nitro benzene ring substituents is 1. The van der Waals surface area contributed by atoms with E-state index >= 15 is 0 Å². The maximum absolute atomic E-state index is 12.2. The Bertz CT molecular complexity index is 639. The number of non-ortho nitro benzene ring substituents is 1. The summed E-state index contributed by atoms with van der Waals surface area (Å²) in [6, 6.07) is 6.74. The first-order valence-corrected chi connectivity index (χ1v) is 8.65. The minimum absolute atomic E-state index is 0.120. The van der Waals surface area contributed by atoms with E-state index in [9.17, 15) is 14.9 Å². The molecule has 2 saturated heterocycles. The van der Waals surface area contributed by atoms with E-state index in [1.54, 1.807) is 12.1 Å². The fraction of sp³-hybridized carbons (Fsp3) is 0.611. The maximum Gasteiger partial charge on any atom is 0.410 e. The zero-order chi connectivity index (χ0) is 18.2. The average molecular weight is 347 g/mol. The summed E-state index contributed by atoms with van der Waals surface area (Å²) in [6.45, 7) is 9.82. The molecule has 7 nitrogen and oxygen atoms in total. The molecule has 0 bridgehead atoms. The number of benzene rings is 1. The summed E-state index contributed by atoms with van der Waals surface area (Å²) < 4.78 is 5.46. The maximum atomic E-state index is 12.2. The van der Waals surface area contributed by atoms with E-state index in [0.29, 0.717) is 11.8 Å². The summed E-state index contributed by atoms with van der Waals surface area (Å²) >= 11 is 0. The molecule has 2 unspecified atom stereocenters. The predicted octanol–water partition coefficient (Wildman–Crippen LogP) is 2.89. The third kappa shape index (κ3) is 4.28. The minimum Gasteiger partial charge on any atom is -0.444 e. The molecular formula is C18H25N3O4. The molecule has 3 rings (SSSR count). The highest BCUT2D eigenvalue weighted by Crippen LogP contribution is 2.32. The summed E-state index contributed by atoms with van der Waals surface area (Å²) in [5, 5.41) is 10.7. The second-order valence-electron chi connectivity index (χ2n) is 8.02. The van der Waals surface area contributed by atoms with Gasteiger partial charge in [0.05, 0.1) is 4.92 Å². The standard InChI is InChI=1S/C18H25N3O4/c1-18(2,3)25-17(22)20-11-14-9-19(10-15(14)12-20)8-13-4-6-16(7-5-13)21(23)24/h4-7,14-15H,8-12H2,1-3H3. The van der Waals surface area contributed by atoms with Gasteiger partial charge in [-0.3, -0.25) is 15.0 Å². The Morgan fingerprint density at radius 2 is 1.72 bits per heavy atom. The Kier molecular flexibility index (Phi) is 4.69. The molecule has 2 atom stereocenters. The molecule has 7 heteroatoms. The van der Waals surface area contributed by atoms with Crippen molar-refractivity contribution >= 4 is 11.8 Å². The van der Waals surface area contributed by atoms with Crippen molar-refractivity contribution in [3.63, 3.8) is 0 Å². The number of nitrogens with zero attached hydrogens (tertiary/aromatic N) is 3. The first-order valence-electron chi connectivity index (χ1n) is 8.65. The lowest BCUT2D eigenvalue weighted by atomic mass is 10.0. The number of rotatable bonds is 3. The van der Waals surface area contributed by atoms with Gasteiger partial charge in [-0.2, -0.15) is 0 Å². The van der Waals surface area contributed by atoms with Gasteiger partial charge in [-0.1, -0.05) is 12.1 Å². The van der Waals surface area contributed by atoms with Gasteiger partial charge < -0.3 is 9.64 Å². The zero-order valence-corrected chi connectivity index (χ0v) is 15.0. The fourth-order valence-electron chi connectivity index (χ4n) is 3.68. The lowest BCUT2D eigenvalue weighted by molar-refractivity contribution is -0.384. The number of carbonyl (C=O) groups is 1. The van der Waals surface area contributed by atoms with Crippen LogP contribution < -0.4 is 0 Å². The molecular weight excluding hydrogens is 322 g/mol. The van der Waals surface area contributed by atoms with Crippen LogP contribution in [0, 0.1) is 22.0 Å². The Morgan fingerprint density at radius 1 is 1.16 bits per heavy atom. The average Bonchev–Trinajstić information content (AvgIpc) is 3.04. The number of hydrogen-bond donors (Lipinski definition) is 0. The molecule has 2 fully saturated rings. The van der Waals surface area contributed by atoms with Gasteiger partial charge in [0, 0.05) is 44.9 Å². The molecule has 1 aromatic carbocycles. The lowest BCUT2D eigenvalue weighted by Crippen LogP contribution is -2.37. The molecule has 25 heavy (non-hydrogen) atoms. The number of amides is 1.